The molecule has 2 aliphatic rings. The fraction of sp³-hybridized carbons (Fsp3) is 0.690. The van der Waals surface area contributed by atoms with Gasteiger partial charge in [0.05, 0.1) is 25.0 Å². The smallest absolute Gasteiger partial charge is 0.344 e. The molecule has 200 valence electrons. The van der Waals surface area contributed by atoms with Crippen molar-refractivity contribution in [2.24, 2.45) is 5.92 Å². The summed E-state index contributed by atoms with van der Waals surface area (Å²) < 4.78 is 23.8. The van der Waals surface area contributed by atoms with Crippen LogP contribution >= 0.6 is 0 Å². The average molecular weight is 503 g/mol. The maximum absolute atomic E-state index is 13.0. The van der Waals surface area contributed by atoms with Crippen LogP contribution in [0.3, 0.4) is 0 Å². The molecule has 36 heavy (non-hydrogen) atoms. The first-order valence-electron chi connectivity index (χ1n) is 13.7. The monoisotopic (exact) mass is 502 g/mol. The number of hydrogen-bond acceptors (Lipinski definition) is 7. The number of aliphatic hydroxyl groups excluding tert-OH is 2. The molecule has 2 saturated heterocycles. The Hall–Kier alpha value is -2.09. The van der Waals surface area contributed by atoms with Crippen molar-refractivity contribution in [2.75, 3.05) is 6.61 Å². The third kappa shape index (κ3) is 4.77. The third-order valence-corrected chi connectivity index (χ3v) is 7.65. The summed E-state index contributed by atoms with van der Waals surface area (Å²) >= 11 is 0. The highest BCUT2D eigenvalue weighted by Crippen LogP contribution is 2.50. The van der Waals surface area contributed by atoms with E-state index in [9.17, 15) is 15.0 Å². The van der Waals surface area contributed by atoms with Crippen LogP contribution in [0.5, 0.6) is 5.75 Å². The summed E-state index contributed by atoms with van der Waals surface area (Å²) in [6.07, 6.45) is 5.48. The zero-order chi connectivity index (χ0) is 26.0. The Labute approximate surface area is 214 Å². The van der Waals surface area contributed by atoms with Crippen molar-refractivity contribution < 1.29 is 33.6 Å². The summed E-state index contributed by atoms with van der Waals surface area (Å²) in [5, 5.41) is 22.2. The average Bonchev–Trinajstić information content (AvgIpc) is 3.46. The van der Waals surface area contributed by atoms with Crippen LogP contribution in [0, 0.1) is 5.92 Å². The molecule has 5 unspecified atom stereocenters. The van der Waals surface area contributed by atoms with Gasteiger partial charge in [-0.05, 0) is 43.2 Å². The molecule has 0 bridgehead atoms. The van der Waals surface area contributed by atoms with Crippen molar-refractivity contribution in [1.29, 1.82) is 0 Å². The molecule has 2 N–H and O–H groups in total. The zero-order valence-corrected chi connectivity index (χ0v) is 22.3. The minimum absolute atomic E-state index is 0.142. The van der Waals surface area contributed by atoms with Gasteiger partial charge in [-0.2, -0.15) is 0 Å². The van der Waals surface area contributed by atoms with E-state index in [4.69, 9.17) is 18.6 Å². The summed E-state index contributed by atoms with van der Waals surface area (Å²) in [6.45, 7) is 10.9. The van der Waals surface area contributed by atoms with Crippen LogP contribution in [0.15, 0.2) is 16.7 Å². The summed E-state index contributed by atoms with van der Waals surface area (Å²) in [5.74, 6) is 0.518. The lowest BCUT2D eigenvalue weighted by Crippen LogP contribution is -2.51. The van der Waals surface area contributed by atoms with E-state index in [0.29, 0.717) is 36.5 Å². The van der Waals surface area contributed by atoms with Crippen LogP contribution in [0.1, 0.15) is 95.8 Å². The maximum atomic E-state index is 13.0. The summed E-state index contributed by atoms with van der Waals surface area (Å²) in [6, 6.07) is 2.12. The molecule has 2 fully saturated rings. The topological polar surface area (TPSA) is 102 Å². The molecule has 0 aliphatic carbocycles. The van der Waals surface area contributed by atoms with E-state index in [0.717, 1.165) is 54.4 Å². The fourth-order valence-corrected chi connectivity index (χ4v) is 5.79. The van der Waals surface area contributed by atoms with Gasteiger partial charge in [0.25, 0.3) is 0 Å². The normalized spacial score (nSPS) is 26.6. The van der Waals surface area contributed by atoms with E-state index in [1.165, 1.54) is 0 Å². The second-order valence-corrected chi connectivity index (χ2v) is 10.8. The number of hydrogen-bond donors (Lipinski definition) is 2. The number of cyclic esters (lactones) is 1. The lowest BCUT2D eigenvalue weighted by molar-refractivity contribution is -0.174. The molecule has 1 aromatic heterocycles. The van der Waals surface area contributed by atoms with E-state index in [1.54, 1.807) is 6.26 Å². The second-order valence-electron chi connectivity index (χ2n) is 10.8. The van der Waals surface area contributed by atoms with Crippen molar-refractivity contribution in [2.45, 2.75) is 116 Å². The van der Waals surface area contributed by atoms with E-state index >= 15 is 0 Å². The van der Waals surface area contributed by atoms with Crippen LogP contribution in [0.4, 0.5) is 0 Å². The van der Waals surface area contributed by atoms with Crippen molar-refractivity contribution >= 4 is 16.9 Å². The van der Waals surface area contributed by atoms with Crippen LogP contribution in [0.25, 0.3) is 11.0 Å². The molecule has 0 amide bonds. The Morgan fingerprint density at radius 3 is 2.58 bits per heavy atom. The van der Waals surface area contributed by atoms with Gasteiger partial charge in [0.2, 0.25) is 5.60 Å². The van der Waals surface area contributed by atoms with Crippen LogP contribution < -0.4 is 4.74 Å². The molecular weight excluding hydrogens is 460 g/mol. The van der Waals surface area contributed by atoms with Crippen molar-refractivity contribution in [3.8, 4) is 5.75 Å². The number of aliphatic hydroxyl groups is 2. The number of esters is 1. The van der Waals surface area contributed by atoms with Crippen molar-refractivity contribution in [1.82, 2.24) is 0 Å². The molecule has 0 radical (unpaired) electrons. The van der Waals surface area contributed by atoms with E-state index in [-0.39, 0.29) is 18.6 Å². The predicted octanol–water partition coefficient (Wildman–Crippen LogP) is 5.41. The van der Waals surface area contributed by atoms with E-state index in [2.05, 4.69) is 33.8 Å². The number of furan rings is 1. The van der Waals surface area contributed by atoms with Gasteiger partial charge in [0.15, 0.2) is 0 Å². The molecule has 2 aromatic rings. The maximum Gasteiger partial charge on any atom is 0.344 e. The highest BCUT2D eigenvalue weighted by Gasteiger charge is 2.70. The Balaban J connectivity index is 1.73. The molecular formula is C29H42O7. The second kappa shape index (κ2) is 11.1. The quantitative estimate of drug-likeness (QED) is 0.227. The van der Waals surface area contributed by atoms with E-state index in [1.807, 2.05) is 6.92 Å². The van der Waals surface area contributed by atoms with Gasteiger partial charge in [0, 0.05) is 23.3 Å². The number of benzene rings is 1. The van der Waals surface area contributed by atoms with Crippen molar-refractivity contribution in [3.05, 3.63) is 29.0 Å². The lowest BCUT2D eigenvalue weighted by atomic mass is 9.81. The van der Waals surface area contributed by atoms with Gasteiger partial charge in [-0.1, -0.05) is 47.5 Å². The molecule has 7 nitrogen and oxygen atoms in total. The van der Waals surface area contributed by atoms with Crippen LogP contribution in [0.2, 0.25) is 0 Å². The Morgan fingerprint density at radius 1 is 1.22 bits per heavy atom. The largest absolute Gasteiger partial charge is 0.493 e. The molecule has 0 saturated carbocycles. The molecule has 2 aliphatic heterocycles. The molecule has 7 heteroatoms. The van der Waals surface area contributed by atoms with Crippen molar-refractivity contribution in [3.63, 3.8) is 0 Å². The summed E-state index contributed by atoms with van der Waals surface area (Å²) in [7, 11) is 0. The van der Waals surface area contributed by atoms with Gasteiger partial charge in [-0.15, -0.1) is 0 Å². The minimum atomic E-state index is -1.19. The number of ether oxygens (including phenoxy) is 3. The van der Waals surface area contributed by atoms with Gasteiger partial charge in [0.1, 0.15) is 29.6 Å². The fourth-order valence-electron chi connectivity index (χ4n) is 5.79. The van der Waals surface area contributed by atoms with Gasteiger partial charge < -0.3 is 28.8 Å². The highest BCUT2D eigenvalue weighted by molar-refractivity contribution is 5.88. The van der Waals surface area contributed by atoms with Gasteiger partial charge in [-0.3, -0.25) is 0 Å². The number of rotatable bonds is 12. The Kier molecular flexibility index (Phi) is 8.32. The lowest BCUT2D eigenvalue weighted by Gasteiger charge is -2.35. The molecule has 1 spiro atoms. The number of fused-ring (bicyclic) bond motifs is 1. The molecule has 1 aromatic carbocycles. The van der Waals surface area contributed by atoms with Crippen LogP contribution in [-0.4, -0.2) is 46.7 Å². The van der Waals surface area contributed by atoms with E-state index < -0.39 is 23.8 Å². The summed E-state index contributed by atoms with van der Waals surface area (Å²) in [5.41, 5.74) is 2.07. The van der Waals surface area contributed by atoms with Gasteiger partial charge >= 0.3 is 5.97 Å². The third-order valence-electron chi connectivity index (χ3n) is 7.65. The number of epoxide rings is 1. The Morgan fingerprint density at radius 2 is 2.00 bits per heavy atom. The Bertz CT molecular complexity index is 1060. The first-order valence-corrected chi connectivity index (χ1v) is 13.7. The zero-order valence-electron chi connectivity index (χ0n) is 22.3. The standard InChI is InChI=1S/C29H42O7/c1-6-9-11-33-26-18(12-17(4)5)13-20-22(16-34-27(20)21(26)15-30)19(10-7-2)23-14-24(31)29(28(32)35-23)25(8-3)36-29/h13,16-17,19,23-25,30-31H,6-12,14-15H2,1-5H3. The SMILES string of the molecule is CCCCOc1c(CC(C)C)cc2c(C(CCC)C3CC(O)C4(OC4CC)C(=O)O3)coc2c1CO. The molecule has 5 atom stereocenters. The van der Waals surface area contributed by atoms with Crippen LogP contribution in [-0.2, 0) is 27.3 Å². The predicted molar refractivity (Wildman–Crippen MR) is 137 cm³/mol. The number of unbranched alkanes of at least 4 members (excludes halogenated alkanes) is 1. The first-order chi connectivity index (χ1) is 17.3. The minimum Gasteiger partial charge on any atom is -0.493 e. The number of carbonyl (C=O) groups is 1. The highest BCUT2D eigenvalue weighted by atomic mass is 16.7. The molecule has 4 rings (SSSR count). The first kappa shape index (κ1) is 27.0. The van der Waals surface area contributed by atoms with Gasteiger partial charge in [-0.25, -0.2) is 4.79 Å². The number of carbonyl (C=O) groups excluding carboxylic acids is 1. The summed E-state index contributed by atoms with van der Waals surface area (Å²) in [4.78, 5) is 13.0. The molecule has 3 heterocycles.